The van der Waals surface area contributed by atoms with E-state index in [1.807, 2.05) is 0 Å². The number of rotatable bonds is 4. The lowest BCUT2D eigenvalue weighted by molar-refractivity contribution is -0.141. The van der Waals surface area contributed by atoms with Crippen molar-refractivity contribution >= 4 is 11.9 Å². The molecule has 0 radical (unpaired) electrons. The number of carbonyl (C=O) groups is 2. The molecule has 0 unspecified atom stereocenters. The van der Waals surface area contributed by atoms with Crippen LogP contribution >= 0.6 is 0 Å². The number of halogens is 2. The molecular weight excluding hydrogens is 256 g/mol. The third-order valence-corrected chi connectivity index (χ3v) is 4.28. The van der Waals surface area contributed by atoms with E-state index in [2.05, 4.69) is 5.32 Å². The summed E-state index contributed by atoms with van der Waals surface area (Å²) in [5, 5.41) is 11.6. The smallest absolute Gasteiger partial charge is 0.305 e. The second kappa shape index (κ2) is 5.06. The van der Waals surface area contributed by atoms with Crippen LogP contribution in [0.25, 0.3) is 0 Å². The molecule has 2 fully saturated rings. The molecule has 1 amide bonds. The van der Waals surface area contributed by atoms with Crippen molar-refractivity contribution in [1.29, 1.82) is 0 Å². The van der Waals surface area contributed by atoms with Gasteiger partial charge in [-0.2, -0.15) is 0 Å². The molecule has 0 aromatic rings. The van der Waals surface area contributed by atoms with Gasteiger partial charge in [0.05, 0.1) is 12.0 Å². The van der Waals surface area contributed by atoms with Crippen LogP contribution in [0.3, 0.4) is 0 Å². The third-order valence-electron chi connectivity index (χ3n) is 4.28. The first-order chi connectivity index (χ1) is 8.82. The highest BCUT2D eigenvalue weighted by Crippen LogP contribution is 2.38. The predicted octanol–water partition coefficient (Wildman–Crippen LogP) is 2.33. The van der Waals surface area contributed by atoms with E-state index >= 15 is 0 Å². The number of carbonyl (C=O) groups excluding carboxylic acids is 1. The maximum Gasteiger partial charge on any atom is 0.305 e. The van der Waals surface area contributed by atoms with E-state index in [4.69, 9.17) is 5.11 Å². The van der Waals surface area contributed by atoms with Crippen LogP contribution in [0.15, 0.2) is 0 Å². The summed E-state index contributed by atoms with van der Waals surface area (Å²) in [7, 11) is 0. The lowest BCUT2D eigenvalue weighted by Crippen LogP contribution is -2.56. The van der Waals surface area contributed by atoms with Crippen LogP contribution in [0.2, 0.25) is 0 Å². The van der Waals surface area contributed by atoms with Gasteiger partial charge < -0.3 is 10.4 Å². The van der Waals surface area contributed by atoms with E-state index in [1.54, 1.807) is 0 Å². The summed E-state index contributed by atoms with van der Waals surface area (Å²) in [6, 6.07) is 0. The maximum atomic E-state index is 13.0. The largest absolute Gasteiger partial charge is 0.481 e. The minimum absolute atomic E-state index is 0.0817. The zero-order valence-corrected chi connectivity index (χ0v) is 10.8. The fraction of sp³-hybridized carbons (Fsp3) is 0.846. The first-order valence-corrected chi connectivity index (χ1v) is 6.74. The Morgan fingerprint density at radius 2 is 1.74 bits per heavy atom. The molecule has 2 rings (SSSR count). The van der Waals surface area contributed by atoms with Gasteiger partial charge in [-0.25, -0.2) is 8.78 Å². The second-order valence-corrected chi connectivity index (χ2v) is 5.82. The molecule has 2 aliphatic rings. The number of carboxylic acid groups (broad SMARTS) is 1. The summed E-state index contributed by atoms with van der Waals surface area (Å²) < 4.78 is 26.0. The van der Waals surface area contributed by atoms with Crippen molar-refractivity contribution in [2.45, 2.75) is 62.8 Å². The molecular formula is C13H19F2NO3. The van der Waals surface area contributed by atoms with Crippen molar-refractivity contribution < 1.29 is 23.5 Å². The zero-order valence-electron chi connectivity index (χ0n) is 10.8. The van der Waals surface area contributed by atoms with Crippen molar-refractivity contribution in [3.8, 4) is 0 Å². The van der Waals surface area contributed by atoms with Crippen molar-refractivity contribution in [3.63, 3.8) is 0 Å². The highest BCUT2D eigenvalue weighted by molar-refractivity contribution is 5.81. The van der Waals surface area contributed by atoms with Gasteiger partial charge in [-0.3, -0.25) is 9.59 Å². The highest BCUT2D eigenvalue weighted by Gasteiger charge is 2.43. The molecule has 108 valence electrons. The minimum Gasteiger partial charge on any atom is -0.481 e. The Kier molecular flexibility index (Phi) is 3.78. The number of alkyl halides is 2. The lowest BCUT2D eigenvalue weighted by Gasteiger charge is -2.42. The fourth-order valence-electron chi connectivity index (χ4n) is 2.90. The number of hydrogen-bond acceptors (Lipinski definition) is 2. The molecule has 6 heteroatoms. The van der Waals surface area contributed by atoms with E-state index in [0.717, 1.165) is 6.42 Å². The minimum atomic E-state index is -2.65. The van der Waals surface area contributed by atoms with Gasteiger partial charge in [0.15, 0.2) is 0 Å². The number of nitrogens with one attached hydrogen (secondary N) is 1. The number of amides is 1. The van der Waals surface area contributed by atoms with Gasteiger partial charge in [-0.05, 0) is 32.1 Å². The average Bonchev–Trinajstić information content (AvgIpc) is 2.25. The first-order valence-electron chi connectivity index (χ1n) is 6.74. The van der Waals surface area contributed by atoms with Crippen molar-refractivity contribution in [3.05, 3.63) is 0 Å². The Hall–Kier alpha value is -1.20. The van der Waals surface area contributed by atoms with E-state index in [-0.39, 0.29) is 38.0 Å². The molecule has 0 bridgehead atoms. The molecule has 0 atom stereocenters. The van der Waals surface area contributed by atoms with Crippen LogP contribution in [0.4, 0.5) is 8.78 Å². The van der Waals surface area contributed by atoms with E-state index in [1.165, 1.54) is 0 Å². The summed E-state index contributed by atoms with van der Waals surface area (Å²) in [6.45, 7) is 0. The topological polar surface area (TPSA) is 66.4 Å². The molecule has 0 spiro atoms. The first kappa shape index (κ1) is 14.2. The second-order valence-electron chi connectivity index (χ2n) is 5.82. The van der Waals surface area contributed by atoms with Gasteiger partial charge >= 0.3 is 5.97 Å². The van der Waals surface area contributed by atoms with Crippen molar-refractivity contribution in [2.24, 2.45) is 5.92 Å². The Balaban J connectivity index is 1.88. The number of hydrogen-bond donors (Lipinski definition) is 2. The van der Waals surface area contributed by atoms with E-state index in [9.17, 15) is 18.4 Å². The van der Waals surface area contributed by atoms with Crippen molar-refractivity contribution in [1.82, 2.24) is 5.32 Å². The highest BCUT2D eigenvalue weighted by atomic mass is 19.3. The summed E-state index contributed by atoms with van der Waals surface area (Å²) in [6.07, 6.45) is 2.00. The Morgan fingerprint density at radius 3 is 2.16 bits per heavy atom. The van der Waals surface area contributed by atoms with Gasteiger partial charge in [0.25, 0.3) is 0 Å². The molecule has 0 aromatic carbocycles. The molecule has 4 nitrogen and oxygen atoms in total. The van der Waals surface area contributed by atoms with Crippen LogP contribution in [-0.2, 0) is 9.59 Å². The van der Waals surface area contributed by atoms with Crippen LogP contribution in [-0.4, -0.2) is 28.4 Å². The van der Waals surface area contributed by atoms with Crippen LogP contribution in [0.1, 0.15) is 51.4 Å². The molecule has 2 aliphatic carbocycles. The summed E-state index contributed by atoms with van der Waals surface area (Å²) in [4.78, 5) is 22.9. The normalized spacial score (nSPS) is 25.4. The lowest BCUT2D eigenvalue weighted by atomic mass is 9.73. The predicted molar refractivity (Wildman–Crippen MR) is 63.9 cm³/mol. The summed E-state index contributed by atoms with van der Waals surface area (Å²) in [5.74, 6) is -4.23. The standard InChI is InChI=1S/C13H19F2NO3/c14-13(15)6-2-9(3-7-13)11(19)16-12(4-1-5-12)8-10(17)18/h9H,1-8H2,(H,16,19)(H,17,18). The van der Waals surface area contributed by atoms with Gasteiger partial charge in [0.2, 0.25) is 11.8 Å². The molecule has 0 aliphatic heterocycles. The van der Waals surface area contributed by atoms with Crippen LogP contribution in [0.5, 0.6) is 0 Å². The van der Waals surface area contributed by atoms with Crippen LogP contribution in [0, 0.1) is 5.92 Å². The molecule has 2 saturated carbocycles. The average molecular weight is 275 g/mol. The molecule has 2 N–H and O–H groups in total. The number of carboxylic acids is 1. The van der Waals surface area contributed by atoms with Gasteiger partial charge in [-0.1, -0.05) is 0 Å². The summed E-state index contributed by atoms with van der Waals surface area (Å²) >= 11 is 0. The van der Waals surface area contributed by atoms with Gasteiger partial charge in [-0.15, -0.1) is 0 Å². The third kappa shape index (κ3) is 3.42. The van der Waals surface area contributed by atoms with Gasteiger partial charge in [0, 0.05) is 18.8 Å². The maximum absolute atomic E-state index is 13.0. The monoisotopic (exact) mass is 275 g/mol. The Labute approximate surface area is 110 Å². The molecule has 0 saturated heterocycles. The number of aliphatic carboxylic acids is 1. The van der Waals surface area contributed by atoms with Crippen molar-refractivity contribution in [2.75, 3.05) is 0 Å². The Morgan fingerprint density at radius 1 is 1.16 bits per heavy atom. The SMILES string of the molecule is O=C(O)CC1(NC(=O)C2CCC(F)(F)CC2)CCC1. The van der Waals surface area contributed by atoms with Gasteiger partial charge in [0.1, 0.15) is 0 Å². The van der Waals surface area contributed by atoms with E-state index < -0.39 is 23.3 Å². The van der Waals surface area contributed by atoms with Crippen LogP contribution < -0.4 is 5.32 Å². The van der Waals surface area contributed by atoms with E-state index in [0.29, 0.717) is 12.8 Å². The fourth-order valence-corrected chi connectivity index (χ4v) is 2.90. The zero-order chi connectivity index (χ0) is 14.1. The summed E-state index contributed by atoms with van der Waals surface area (Å²) in [5.41, 5.74) is -0.636. The quantitative estimate of drug-likeness (QED) is 0.827. The molecule has 0 heterocycles. The molecule has 19 heavy (non-hydrogen) atoms. The molecule has 0 aromatic heterocycles. The Bertz CT molecular complexity index is 370.